The summed E-state index contributed by atoms with van der Waals surface area (Å²) in [5, 5.41) is 0. The van der Waals surface area contributed by atoms with Crippen LogP contribution in [0.5, 0.6) is 0 Å². The molecular formula is C21H24N2O3S+2. The van der Waals surface area contributed by atoms with Crippen molar-refractivity contribution in [2.45, 2.75) is 25.7 Å². The molecule has 0 aliphatic carbocycles. The van der Waals surface area contributed by atoms with E-state index in [2.05, 4.69) is 29.7 Å². The Balaban J connectivity index is 2.21. The van der Waals surface area contributed by atoms with Gasteiger partial charge in [-0.3, -0.25) is 4.55 Å². The highest BCUT2D eigenvalue weighted by atomic mass is 32.2. The van der Waals surface area contributed by atoms with Gasteiger partial charge in [0.15, 0.2) is 12.4 Å². The number of aromatic nitrogens is 2. The van der Waals surface area contributed by atoms with E-state index in [1.165, 1.54) is 17.7 Å². The van der Waals surface area contributed by atoms with Crippen molar-refractivity contribution in [2.24, 2.45) is 14.1 Å². The van der Waals surface area contributed by atoms with Crippen LogP contribution in [0.4, 0.5) is 0 Å². The Morgan fingerprint density at radius 2 is 1.48 bits per heavy atom. The zero-order valence-corrected chi connectivity index (χ0v) is 17.0. The fraction of sp³-hybridized carbons (Fsp3) is 0.238. The molecular weight excluding hydrogens is 360 g/mol. The first kappa shape index (κ1) is 19.2. The van der Waals surface area contributed by atoms with Crippen LogP contribution >= 0.6 is 0 Å². The molecule has 0 bridgehead atoms. The SMILES string of the molecule is Cc1cc[n+](C)c(-c2cc(C)c(-c3cc(S(=O)(=O)O)ccc3C)c[n+]2C)c1. The first-order valence-electron chi connectivity index (χ1n) is 8.63. The van der Waals surface area contributed by atoms with Gasteiger partial charge in [-0.15, -0.1) is 0 Å². The second-order valence-corrected chi connectivity index (χ2v) is 8.44. The molecule has 1 N–H and O–H groups in total. The number of rotatable bonds is 3. The van der Waals surface area contributed by atoms with Gasteiger partial charge in [-0.2, -0.15) is 17.6 Å². The van der Waals surface area contributed by atoms with Crippen LogP contribution in [0, 0.1) is 20.8 Å². The maximum atomic E-state index is 11.5. The largest absolute Gasteiger partial charge is 0.294 e. The molecule has 1 aromatic carbocycles. The first-order valence-corrected chi connectivity index (χ1v) is 10.1. The first-order chi connectivity index (χ1) is 12.6. The van der Waals surface area contributed by atoms with Gasteiger partial charge in [0.05, 0.1) is 4.90 Å². The Morgan fingerprint density at radius 1 is 0.815 bits per heavy atom. The molecule has 0 fully saturated rings. The maximum absolute atomic E-state index is 11.5. The Kier molecular flexibility index (Phi) is 4.88. The highest BCUT2D eigenvalue weighted by Crippen LogP contribution is 2.29. The summed E-state index contributed by atoms with van der Waals surface area (Å²) in [5.74, 6) is 0. The van der Waals surface area contributed by atoms with Crippen molar-refractivity contribution in [1.29, 1.82) is 0 Å². The predicted molar refractivity (Wildman–Crippen MR) is 104 cm³/mol. The van der Waals surface area contributed by atoms with Crippen LogP contribution < -0.4 is 9.13 Å². The maximum Gasteiger partial charge on any atom is 0.294 e. The number of hydrogen-bond acceptors (Lipinski definition) is 2. The van der Waals surface area contributed by atoms with Gasteiger partial charge >= 0.3 is 0 Å². The lowest BCUT2D eigenvalue weighted by Gasteiger charge is -2.11. The Morgan fingerprint density at radius 3 is 2.15 bits per heavy atom. The number of pyridine rings is 2. The van der Waals surface area contributed by atoms with E-state index in [1.54, 1.807) is 6.07 Å². The minimum atomic E-state index is -4.24. The summed E-state index contributed by atoms with van der Waals surface area (Å²) in [5.41, 5.74) is 7.03. The lowest BCUT2D eigenvalue weighted by atomic mass is 9.97. The summed E-state index contributed by atoms with van der Waals surface area (Å²) in [7, 11) is -0.258. The van der Waals surface area contributed by atoms with E-state index < -0.39 is 10.1 Å². The molecule has 0 saturated carbocycles. The molecule has 0 spiro atoms. The van der Waals surface area contributed by atoms with Gasteiger partial charge < -0.3 is 0 Å². The number of nitrogens with zero attached hydrogens (tertiary/aromatic N) is 2. The van der Waals surface area contributed by atoms with Gasteiger partial charge in [0, 0.05) is 23.8 Å². The average molecular weight is 385 g/mol. The Hall–Kier alpha value is -2.57. The van der Waals surface area contributed by atoms with E-state index in [9.17, 15) is 13.0 Å². The van der Waals surface area contributed by atoms with Crippen molar-refractivity contribution < 1.29 is 22.1 Å². The highest BCUT2D eigenvalue weighted by Gasteiger charge is 2.23. The third kappa shape index (κ3) is 3.77. The van der Waals surface area contributed by atoms with Crippen LogP contribution in [0.15, 0.2) is 53.7 Å². The van der Waals surface area contributed by atoms with Gasteiger partial charge in [0.1, 0.15) is 14.1 Å². The van der Waals surface area contributed by atoms with Crippen LogP contribution in [0.25, 0.3) is 22.5 Å². The van der Waals surface area contributed by atoms with Gasteiger partial charge in [0.25, 0.3) is 21.5 Å². The minimum absolute atomic E-state index is 0.0979. The van der Waals surface area contributed by atoms with Gasteiger partial charge in [-0.25, -0.2) is 0 Å². The quantitative estimate of drug-likeness (QED) is 0.558. The van der Waals surface area contributed by atoms with Crippen LogP contribution in [0.2, 0.25) is 0 Å². The lowest BCUT2D eigenvalue weighted by Crippen LogP contribution is -2.38. The van der Waals surface area contributed by atoms with Gasteiger partial charge in [-0.1, -0.05) is 6.07 Å². The Labute approximate surface area is 160 Å². The molecule has 140 valence electrons. The zero-order valence-electron chi connectivity index (χ0n) is 16.2. The summed E-state index contributed by atoms with van der Waals surface area (Å²) in [6, 6.07) is 11.0. The van der Waals surface area contributed by atoms with Crippen LogP contribution in [-0.4, -0.2) is 13.0 Å². The minimum Gasteiger partial charge on any atom is -0.282 e. The molecule has 27 heavy (non-hydrogen) atoms. The van der Waals surface area contributed by atoms with Crippen LogP contribution in [-0.2, 0) is 24.2 Å². The molecule has 0 amide bonds. The lowest BCUT2D eigenvalue weighted by molar-refractivity contribution is -0.690. The molecule has 2 heterocycles. The molecule has 3 rings (SSSR count). The smallest absolute Gasteiger partial charge is 0.282 e. The third-order valence-corrected chi connectivity index (χ3v) is 5.70. The van der Waals surface area contributed by atoms with Crippen molar-refractivity contribution in [3.63, 3.8) is 0 Å². The number of aryl methyl sites for hydroxylation is 5. The molecule has 3 aromatic rings. The topological polar surface area (TPSA) is 62.1 Å². The number of hydrogen-bond donors (Lipinski definition) is 1. The second kappa shape index (κ2) is 6.87. The normalized spacial score (nSPS) is 11.6. The van der Waals surface area contributed by atoms with Crippen molar-refractivity contribution in [3.05, 3.63) is 65.5 Å². The molecule has 0 saturated heterocycles. The molecule has 0 aliphatic rings. The molecule has 0 radical (unpaired) electrons. The summed E-state index contributed by atoms with van der Waals surface area (Å²) < 4.78 is 36.6. The second-order valence-electron chi connectivity index (χ2n) is 7.02. The molecule has 0 unspecified atom stereocenters. The predicted octanol–water partition coefficient (Wildman–Crippen LogP) is 2.84. The van der Waals surface area contributed by atoms with Crippen molar-refractivity contribution >= 4 is 10.1 Å². The monoisotopic (exact) mass is 384 g/mol. The van der Waals surface area contributed by atoms with Crippen molar-refractivity contribution in [1.82, 2.24) is 0 Å². The summed E-state index contributed by atoms with van der Waals surface area (Å²) >= 11 is 0. The standard InChI is InChI=1S/C21H23N2O3S/c1-14-8-9-22(4)20(10-14)21-11-16(3)19(13-23(21)5)18-12-17(27(24,25)26)7-6-15(18)2/h6-13H,1-5H3/q+1/p+1. The molecule has 2 aromatic heterocycles. The average Bonchev–Trinajstić information content (AvgIpc) is 2.58. The molecule has 6 heteroatoms. The summed E-state index contributed by atoms with van der Waals surface area (Å²) in [6.07, 6.45) is 4.04. The summed E-state index contributed by atoms with van der Waals surface area (Å²) in [6.45, 7) is 6.00. The van der Waals surface area contributed by atoms with E-state index in [4.69, 9.17) is 0 Å². The fourth-order valence-corrected chi connectivity index (χ4v) is 3.77. The van der Waals surface area contributed by atoms with Crippen molar-refractivity contribution in [3.8, 4) is 22.5 Å². The fourth-order valence-electron chi connectivity index (χ4n) is 3.27. The van der Waals surface area contributed by atoms with E-state index in [1.807, 2.05) is 44.9 Å². The molecule has 0 atom stereocenters. The van der Waals surface area contributed by atoms with E-state index >= 15 is 0 Å². The molecule has 0 aliphatic heterocycles. The highest BCUT2D eigenvalue weighted by molar-refractivity contribution is 7.85. The number of benzene rings is 1. The van der Waals surface area contributed by atoms with Crippen LogP contribution in [0.3, 0.4) is 0 Å². The van der Waals surface area contributed by atoms with E-state index in [0.717, 1.165) is 33.6 Å². The van der Waals surface area contributed by atoms with Gasteiger partial charge in [0.2, 0.25) is 0 Å². The van der Waals surface area contributed by atoms with E-state index in [-0.39, 0.29) is 4.90 Å². The van der Waals surface area contributed by atoms with Crippen molar-refractivity contribution in [2.75, 3.05) is 0 Å². The van der Waals surface area contributed by atoms with Gasteiger partial charge in [-0.05, 0) is 55.2 Å². The molecule has 5 nitrogen and oxygen atoms in total. The zero-order chi connectivity index (χ0) is 19.9. The van der Waals surface area contributed by atoms with Crippen LogP contribution in [0.1, 0.15) is 16.7 Å². The Bertz CT molecular complexity index is 1150. The van der Waals surface area contributed by atoms with E-state index in [0.29, 0.717) is 0 Å². The summed E-state index contributed by atoms with van der Waals surface area (Å²) in [4.78, 5) is -0.0979. The third-order valence-electron chi connectivity index (χ3n) is 4.85.